The highest BCUT2D eigenvalue weighted by atomic mass is 32.2. The Morgan fingerprint density at radius 2 is 2.04 bits per heavy atom. The summed E-state index contributed by atoms with van der Waals surface area (Å²) < 4.78 is 23.5. The van der Waals surface area contributed by atoms with E-state index in [9.17, 15) is 13.2 Å². The van der Waals surface area contributed by atoms with E-state index >= 15 is 0 Å². The predicted octanol–water partition coefficient (Wildman–Crippen LogP) is 1.44. The van der Waals surface area contributed by atoms with Crippen molar-refractivity contribution in [3.8, 4) is 0 Å². The fourth-order valence-corrected chi connectivity index (χ4v) is 4.93. The number of anilines is 1. The summed E-state index contributed by atoms with van der Waals surface area (Å²) in [5, 5.41) is 3.19. The Morgan fingerprint density at radius 3 is 2.67 bits per heavy atom. The Labute approximate surface area is 159 Å². The van der Waals surface area contributed by atoms with Gasteiger partial charge in [-0.2, -0.15) is 0 Å². The molecule has 1 fully saturated rings. The van der Waals surface area contributed by atoms with Crippen molar-refractivity contribution in [2.45, 2.75) is 32.9 Å². The van der Waals surface area contributed by atoms with Crippen molar-refractivity contribution in [1.29, 1.82) is 0 Å². The normalized spacial score (nSPS) is 18.2. The molecule has 0 radical (unpaired) electrons. The zero-order valence-electron chi connectivity index (χ0n) is 15.4. The molecule has 1 N–H and O–H groups in total. The molecule has 144 valence electrons. The molecule has 1 aliphatic heterocycles. The number of amides is 1. The third-order valence-electron chi connectivity index (χ3n) is 4.53. The van der Waals surface area contributed by atoms with Crippen molar-refractivity contribution in [2.75, 3.05) is 23.4 Å². The second-order valence-corrected chi connectivity index (χ2v) is 8.77. The summed E-state index contributed by atoms with van der Waals surface area (Å²) in [5.41, 5.74) is 1.31. The quantitative estimate of drug-likeness (QED) is 0.797. The van der Waals surface area contributed by atoms with Crippen molar-refractivity contribution in [3.05, 3.63) is 47.7 Å². The second-order valence-electron chi connectivity index (χ2n) is 6.54. The standard InChI is InChI=1S/C18H23N5O3S/c1-3-23(15-6-9-27(25,26)12-15)18(24)16-10-17(22-13(2)21-16)20-11-14-4-7-19-8-5-14/h4-5,7-8,10,15H,3,6,9,11-12H2,1-2H3,(H,20,21,22). The van der Waals surface area contributed by atoms with Gasteiger partial charge in [-0.3, -0.25) is 9.78 Å². The van der Waals surface area contributed by atoms with Gasteiger partial charge in [0.25, 0.3) is 5.91 Å². The monoisotopic (exact) mass is 389 g/mol. The lowest BCUT2D eigenvalue weighted by Gasteiger charge is -2.26. The maximum Gasteiger partial charge on any atom is 0.272 e. The fourth-order valence-electron chi connectivity index (χ4n) is 3.20. The number of hydrogen-bond acceptors (Lipinski definition) is 7. The Bertz CT molecular complexity index is 918. The molecule has 3 heterocycles. The van der Waals surface area contributed by atoms with Crippen LogP contribution in [-0.2, 0) is 16.4 Å². The molecule has 1 aliphatic rings. The number of carbonyl (C=O) groups excluding carboxylic acids is 1. The largest absolute Gasteiger partial charge is 0.366 e. The zero-order valence-corrected chi connectivity index (χ0v) is 16.2. The SMILES string of the molecule is CCN(C(=O)c1cc(NCc2ccncc2)nc(C)n1)C1CCS(=O)(=O)C1. The summed E-state index contributed by atoms with van der Waals surface area (Å²) in [6.45, 7) is 4.55. The van der Waals surface area contributed by atoms with Gasteiger partial charge in [-0.15, -0.1) is 0 Å². The average molecular weight is 389 g/mol. The van der Waals surface area contributed by atoms with E-state index < -0.39 is 9.84 Å². The van der Waals surface area contributed by atoms with Gasteiger partial charge in [-0.1, -0.05) is 0 Å². The van der Waals surface area contributed by atoms with Gasteiger partial charge in [0.15, 0.2) is 9.84 Å². The van der Waals surface area contributed by atoms with Gasteiger partial charge < -0.3 is 10.2 Å². The van der Waals surface area contributed by atoms with Gasteiger partial charge in [0.2, 0.25) is 0 Å². The first-order chi connectivity index (χ1) is 12.9. The number of pyridine rings is 1. The van der Waals surface area contributed by atoms with Crippen LogP contribution in [0.1, 0.15) is 35.2 Å². The van der Waals surface area contributed by atoms with Crippen LogP contribution < -0.4 is 5.32 Å². The minimum absolute atomic E-state index is 0.0177. The molecule has 0 aromatic carbocycles. The molecule has 0 spiro atoms. The molecule has 27 heavy (non-hydrogen) atoms. The maximum absolute atomic E-state index is 13.0. The van der Waals surface area contributed by atoms with Crippen LogP contribution in [0.4, 0.5) is 5.82 Å². The first kappa shape index (κ1) is 19.2. The van der Waals surface area contributed by atoms with E-state index in [1.54, 1.807) is 30.3 Å². The van der Waals surface area contributed by atoms with Gasteiger partial charge in [-0.25, -0.2) is 18.4 Å². The van der Waals surface area contributed by atoms with Crippen LogP contribution in [0.15, 0.2) is 30.6 Å². The van der Waals surface area contributed by atoms with Crippen LogP contribution in [0.3, 0.4) is 0 Å². The number of carbonyl (C=O) groups is 1. The number of hydrogen-bond donors (Lipinski definition) is 1. The lowest BCUT2D eigenvalue weighted by molar-refractivity contribution is 0.0702. The second kappa shape index (κ2) is 7.99. The Kier molecular flexibility index (Phi) is 5.69. The van der Waals surface area contributed by atoms with Gasteiger partial charge in [0.1, 0.15) is 17.3 Å². The number of rotatable bonds is 6. The Balaban J connectivity index is 1.76. The molecule has 9 heteroatoms. The molecule has 1 atom stereocenters. The van der Waals surface area contributed by atoms with Gasteiger partial charge >= 0.3 is 0 Å². The van der Waals surface area contributed by atoms with Crippen LogP contribution >= 0.6 is 0 Å². The highest BCUT2D eigenvalue weighted by molar-refractivity contribution is 7.91. The molecule has 2 aromatic heterocycles. The Hall–Kier alpha value is -2.55. The summed E-state index contributed by atoms with van der Waals surface area (Å²) in [6.07, 6.45) is 3.90. The van der Waals surface area contributed by atoms with Crippen LogP contribution in [0, 0.1) is 6.92 Å². The molecule has 0 saturated carbocycles. The van der Waals surface area contributed by atoms with Crippen molar-refractivity contribution >= 4 is 21.6 Å². The van der Waals surface area contributed by atoms with Crippen LogP contribution in [0.2, 0.25) is 0 Å². The summed E-state index contributed by atoms with van der Waals surface area (Å²) in [6, 6.07) is 5.11. The highest BCUT2D eigenvalue weighted by Crippen LogP contribution is 2.20. The molecule has 0 bridgehead atoms. The fraction of sp³-hybridized carbons (Fsp3) is 0.444. The first-order valence-corrected chi connectivity index (χ1v) is 10.7. The topological polar surface area (TPSA) is 105 Å². The number of sulfone groups is 1. The van der Waals surface area contributed by atoms with Gasteiger partial charge in [0, 0.05) is 37.6 Å². The lowest BCUT2D eigenvalue weighted by atomic mass is 10.2. The third kappa shape index (κ3) is 4.79. The highest BCUT2D eigenvalue weighted by Gasteiger charge is 2.34. The number of nitrogens with zero attached hydrogens (tertiary/aromatic N) is 4. The number of aromatic nitrogens is 3. The molecular weight excluding hydrogens is 366 g/mol. The zero-order chi connectivity index (χ0) is 19.4. The first-order valence-electron chi connectivity index (χ1n) is 8.88. The molecule has 8 nitrogen and oxygen atoms in total. The molecule has 1 unspecified atom stereocenters. The molecule has 2 aromatic rings. The van der Waals surface area contributed by atoms with Gasteiger partial charge in [-0.05, 0) is 38.0 Å². The third-order valence-corrected chi connectivity index (χ3v) is 6.28. The van der Waals surface area contributed by atoms with E-state index in [2.05, 4.69) is 20.3 Å². The van der Waals surface area contributed by atoms with Crippen molar-refractivity contribution in [1.82, 2.24) is 19.9 Å². The molecule has 3 rings (SSSR count). The van der Waals surface area contributed by atoms with E-state index in [-0.39, 0.29) is 29.1 Å². The van der Waals surface area contributed by atoms with Crippen molar-refractivity contribution in [2.24, 2.45) is 0 Å². The van der Waals surface area contributed by atoms with E-state index in [1.165, 1.54) is 0 Å². The summed E-state index contributed by atoms with van der Waals surface area (Å²) in [7, 11) is -3.07. The summed E-state index contributed by atoms with van der Waals surface area (Å²) in [5.74, 6) is 0.912. The van der Waals surface area contributed by atoms with E-state index in [0.717, 1.165) is 5.56 Å². The molecular formula is C18H23N5O3S. The smallest absolute Gasteiger partial charge is 0.272 e. The lowest BCUT2D eigenvalue weighted by Crippen LogP contribution is -2.41. The van der Waals surface area contributed by atoms with E-state index in [4.69, 9.17) is 0 Å². The number of aryl methyl sites for hydroxylation is 1. The predicted molar refractivity (Wildman–Crippen MR) is 102 cm³/mol. The molecule has 1 saturated heterocycles. The van der Waals surface area contributed by atoms with Gasteiger partial charge in [0.05, 0.1) is 11.5 Å². The Morgan fingerprint density at radius 1 is 1.30 bits per heavy atom. The van der Waals surface area contributed by atoms with Crippen molar-refractivity contribution in [3.63, 3.8) is 0 Å². The summed E-state index contributed by atoms with van der Waals surface area (Å²) in [4.78, 5) is 27.1. The molecule has 1 amide bonds. The maximum atomic E-state index is 13.0. The minimum atomic E-state index is -3.07. The van der Waals surface area contributed by atoms with Crippen LogP contribution in [0.5, 0.6) is 0 Å². The van der Waals surface area contributed by atoms with Crippen molar-refractivity contribution < 1.29 is 13.2 Å². The summed E-state index contributed by atoms with van der Waals surface area (Å²) >= 11 is 0. The van der Waals surface area contributed by atoms with Crippen LogP contribution in [0.25, 0.3) is 0 Å². The number of nitrogens with one attached hydrogen (secondary N) is 1. The van der Waals surface area contributed by atoms with Crippen LogP contribution in [-0.4, -0.2) is 58.3 Å². The average Bonchev–Trinajstić information content (AvgIpc) is 3.00. The minimum Gasteiger partial charge on any atom is -0.366 e. The van der Waals surface area contributed by atoms with E-state index in [0.29, 0.717) is 31.2 Å². The molecule has 0 aliphatic carbocycles. The van der Waals surface area contributed by atoms with E-state index in [1.807, 2.05) is 19.1 Å².